The van der Waals surface area contributed by atoms with E-state index in [1.54, 1.807) is 5.56 Å². The van der Waals surface area contributed by atoms with Gasteiger partial charge in [0.1, 0.15) is 5.82 Å². The van der Waals surface area contributed by atoms with E-state index in [4.69, 9.17) is 9.98 Å². The molecule has 1 N–H and O–H groups in total. The average Bonchev–Trinajstić information content (AvgIpc) is 3.56. The Labute approximate surface area is 225 Å². The van der Waals surface area contributed by atoms with Gasteiger partial charge in [0.25, 0.3) is 0 Å². The van der Waals surface area contributed by atoms with Crippen LogP contribution >= 0.6 is 0 Å². The highest BCUT2D eigenvalue weighted by molar-refractivity contribution is 6.04. The molecule has 8 rings (SSSR count). The Hall–Kier alpha value is -3.46. The summed E-state index contributed by atoms with van der Waals surface area (Å²) in [4.78, 5) is 13.7. The highest BCUT2D eigenvalue weighted by atomic mass is 14.9. The number of imidazole rings is 1. The Balaban J connectivity index is 1.22. The standard InChI is InChI=1S/C35H35N3/c1-18(2)33-17-30-25-9-7-22-14-27-20(13-26(22)24(25)10-12-31(30)36-33)5-6-21-16-29-23(15-28(21)27)8-11-32-34(29)38-35(37-32)19(3)4/h7,9,13-16,18-19H,5-6,8,10-12,17H2,1-4H3,(H,37,38). The third-order valence-electron chi connectivity index (χ3n) is 9.47. The van der Waals surface area contributed by atoms with Crippen molar-refractivity contribution in [2.24, 2.45) is 10.9 Å². The summed E-state index contributed by atoms with van der Waals surface area (Å²) in [5.41, 5.74) is 18.4. The number of aromatic amines is 1. The minimum Gasteiger partial charge on any atom is -0.345 e. The van der Waals surface area contributed by atoms with Crippen LogP contribution in [0, 0.1) is 5.92 Å². The number of hydrogen-bond donors (Lipinski definition) is 1. The monoisotopic (exact) mass is 497 g/mol. The largest absolute Gasteiger partial charge is 0.345 e. The van der Waals surface area contributed by atoms with Crippen LogP contribution in [-0.4, -0.2) is 15.7 Å². The second-order valence-corrected chi connectivity index (χ2v) is 12.5. The number of aryl methyl sites for hydroxylation is 5. The van der Waals surface area contributed by atoms with E-state index in [0.29, 0.717) is 11.8 Å². The molecule has 0 unspecified atom stereocenters. The predicted molar refractivity (Wildman–Crippen MR) is 158 cm³/mol. The van der Waals surface area contributed by atoms with Gasteiger partial charge in [0.05, 0.1) is 5.69 Å². The molecule has 0 saturated heterocycles. The number of fused-ring (bicyclic) bond motifs is 10. The minimum atomic E-state index is 0.425. The first-order chi connectivity index (χ1) is 18.4. The zero-order valence-corrected chi connectivity index (χ0v) is 23.0. The molecule has 2 heterocycles. The smallest absolute Gasteiger partial charge is 0.109 e. The van der Waals surface area contributed by atoms with Crippen LogP contribution in [0.1, 0.15) is 85.8 Å². The van der Waals surface area contributed by atoms with Gasteiger partial charge in [-0.3, -0.25) is 4.99 Å². The third-order valence-corrected chi connectivity index (χ3v) is 9.47. The lowest BCUT2D eigenvalue weighted by molar-refractivity contribution is 0.787. The average molecular weight is 498 g/mol. The van der Waals surface area contributed by atoms with Crippen LogP contribution in [0.4, 0.5) is 0 Å². The van der Waals surface area contributed by atoms with Gasteiger partial charge < -0.3 is 4.98 Å². The van der Waals surface area contributed by atoms with Crippen molar-refractivity contribution in [3.63, 3.8) is 0 Å². The molecular formula is C35H35N3. The fourth-order valence-electron chi connectivity index (χ4n) is 7.30. The Morgan fingerprint density at radius 3 is 2.26 bits per heavy atom. The van der Waals surface area contributed by atoms with Crippen LogP contribution in [0.3, 0.4) is 0 Å². The first-order valence-corrected chi connectivity index (χ1v) is 14.6. The van der Waals surface area contributed by atoms with Gasteiger partial charge in [-0.15, -0.1) is 0 Å². The fraction of sp³-hybridized carbons (Fsp3) is 0.371. The lowest BCUT2D eigenvalue weighted by Crippen LogP contribution is -2.10. The molecule has 1 aliphatic heterocycles. The van der Waals surface area contributed by atoms with Crippen LogP contribution in [0.5, 0.6) is 0 Å². The Morgan fingerprint density at radius 2 is 1.45 bits per heavy atom. The molecule has 38 heavy (non-hydrogen) atoms. The van der Waals surface area contributed by atoms with E-state index in [1.807, 2.05) is 0 Å². The number of aliphatic imine (C=N–C) groups is 1. The van der Waals surface area contributed by atoms with E-state index >= 15 is 0 Å². The summed E-state index contributed by atoms with van der Waals surface area (Å²) in [5, 5.41) is 2.85. The van der Waals surface area contributed by atoms with Crippen LogP contribution in [0.25, 0.3) is 38.7 Å². The van der Waals surface area contributed by atoms with Gasteiger partial charge in [-0.1, -0.05) is 52.0 Å². The summed E-state index contributed by atoms with van der Waals surface area (Å²) in [6, 6.07) is 14.8. The van der Waals surface area contributed by atoms with Crippen molar-refractivity contribution in [2.45, 2.75) is 78.6 Å². The summed E-state index contributed by atoms with van der Waals surface area (Å²) in [6.07, 6.45) is 7.57. The zero-order valence-electron chi connectivity index (χ0n) is 23.0. The molecule has 3 heteroatoms. The van der Waals surface area contributed by atoms with Gasteiger partial charge in [-0.05, 0) is 112 Å². The quantitative estimate of drug-likeness (QED) is 0.297. The molecule has 3 nitrogen and oxygen atoms in total. The minimum absolute atomic E-state index is 0.425. The van der Waals surface area contributed by atoms with Crippen LogP contribution in [0.2, 0.25) is 0 Å². The SMILES string of the molecule is CC(C)C1=NC2=C(C1)c1ccc3cc4c(cc3c1CC2)CCc1cc2c(cc1-4)CCc1[nH]c(C(C)C)nc1-2. The molecule has 1 aromatic heterocycles. The van der Waals surface area contributed by atoms with Gasteiger partial charge in [0, 0.05) is 35.0 Å². The number of rotatable bonds is 2. The zero-order chi connectivity index (χ0) is 25.7. The second kappa shape index (κ2) is 8.02. The molecule has 0 spiro atoms. The van der Waals surface area contributed by atoms with Crippen LogP contribution in [-0.2, 0) is 32.1 Å². The fourth-order valence-corrected chi connectivity index (χ4v) is 7.30. The molecule has 190 valence electrons. The first kappa shape index (κ1) is 22.5. The van der Waals surface area contributed by atoms with Crippen molar-refractivity contribution in [1.29, 1.82) is 0 Å². The lowest BCUT2D eigenvalue weighted by Gasteiger charge is -2.26. The maximum atomic E-state index is 5.04. The molecule has 3 aliphatic carbocycles. The normalized spacial score (nSPS) is 17.3. The highest BCUT2D eigenvalue weighted by Gasteiger charge is 2.29. The van der Waals surface area contributed by atoms with E-state index in [9.17, 15) is 0 Å². The van der Waals surface area contributed by atoms with Gasteiger partial charge >= 0.3 is 0 Å². The van der Waals surface area contributed by atoms with E-state index in [2.05, 4.69) is 69.1 Å². The number of benzene rings is 3. The highest BCUT2D eigenvalue weighted by Crippen LogP contribution is 2.45. The van der Waals surface area contributed by atoms with Crippen molar-refractivity contribution in [2.75, 3.05) is 0 Å². The molecule has 0 amide bonds. The molecule has 0 atom stereocenters. The van der Waals surface area contributed by atoms with Crippen LogP contribution in [0.15, 0.2) is 47.1 Å². The summed E-state index contributed by atoms with van der Waals surface area (Å²) in [5.74, 6) is 2.07. The summed E-state index contributed by atoms with van der Waals surface area (Å²) in [7, 11) is 0. The summed E-state index contributed by atoms with van der Waals surface area (Å²) in [6.45, 7) is 8.99. The third kappa shape index (κ3) is 3.20. The summed E-state index contributed by atoms with van der Waals surface area (Å²) < 4.78 is 0. The van der Waals surface area contributed by atoms with Crippen molar-refractivity contribution in [1.82, 2.24) is 9.97 Å². The lowest BCUT2D eigenvalue weighted by atomic mass is 9.78. The van der Waals surface area contributed by atoms with E-state index in [1.165, 1.54) is 78.1 Å². The predicted octanol–water partition coefficient (Wildman–Crippen LogP) is 8.38. The number of H-pyrrole nitrogens is 1. The number of allylic oxidation sites excluding steroid dienone is 2. The van der Waals surface area contributed by atoms with Crippen molar-refractivity contribution in [3.8, 4) is 22.4 Å². The molecule has 0 bridgehead atoms. The van der Waals surface area contributed by atoms with E-state index in [0.717, 1.165) is 50.8 Å². The van der Waals surface area contributed by atoms with E-state index in [-0.39, 0.29) is 0 Å². The molecule has 0 saturated carbocycles. The van der Waals surface area contributed by atoms with Gasteiger partial charge in [-0.25, -0.2) is 4.98 Å². The van der Waals surface area contributed by atoms with Gasteiger partial charge in [0.15, 0.2) is 0 Å². The Kier molecular flexibility index (Phi) is 4.75. The molecule has 4 aromatic rings. The first-order valence-electron chi connectivity index (χ1n) is 14.6. The Bertz CT molecular complexity index is 1740. The molecular weight excluding hydrogens is 462 g/mol. The number of nitrogens with one attached hydrogen (secondary N) is 1. The van der Waals surface area contributed by atoms with Gasteiger partial charge in [0.2, 0.25) is 0 Å². The summed E-state index contributed by atoms with van der Waals surface area (Å²) >= 11 is 0. The maximum absolute atomic E-state index is 5.04. The maximum Gasteiger partial charge on any atom is 0.109 e. The number of aromatic nitrogens is 2. The van der Waals surface area contributed by atoms with Crippen molar-refractivity contribution >= 4 is 22.1 Å². The van der Waals surface area contributed by atoms with Gasteiger partial charge in [-0.2, -0.15) is 0 Å². The number of hydrogen-bond acceptors (Lipinski definition) is 2. The topological polar surface area (TPSA) is 41.0 Å². The van der Waals surface area contributed by atoms with Crippen LogP contribution < -0.4 is 0 Å². The number of nitrogens with zero attached hydrogens (tertiary/aromatic N) is 2. The second-order valence-electron chi connectivity index (χ2n) is 12.5. The van der Waals surface area contributed by atoms with E-state index < -0.39 is 0 Å². The Morgan fingerprint density at radius 1 is 0.711 bits per heavy atom. The molecule has 0 radical (unpaired) electrons. The molecule has 0 fully saturated rings. The molecule has 4 aliphatic rings. The van der Waals surface area contributed by atoms with Crippen molar-refractivity contribution < 1.29 is 0 Å². The van der Waals surface area contributed by atoms with Crippen molar-refractivity contribution in [3.05, 3.63) is 81.4 Å². The molecule has 3 aromatic carbocycles.